The molecular weight excluding hydrogens is 178 g/mol. The first-order chi connectivity index (χ1) is 6.63. The van der Waals surface area contributed by atoms with Gasteiger partial charge in [0.05, 0.1) is 19.8 Å². The maximum atomic E-state index is 5.41. The summed E-state index contributed by atoms with van der Waals surface area (Å²) >= 11 is 0. The second-order valence-electron chi connectivity index (χ2n) is 4.21. The maximum absolute atomic E-state index is 5.41. The van der Waals surface area contributed by atoms with Gasteiger partial charge in [0.2, 0.25) is 0 Å². The Morgan fingerprint density at radius 1 is 0.929 bits per heavy atom. The van der Waals surface area contributed by atoms with Gasteiger partial charge in [-0.25, -0.2) is 0 Å². The van der Waals surface area contributed by atoms with Gasteiger partial charge in [-0.2, -0.15) is 0 Å². The molecule has 0 bridgehead atoms. The molecule has 0 fully saturated rings. The minimum atomic E-state index is 0.714. The molecule has 3 nitrogen and oxygen atoms in total. The van der Waals surface area contributed by atoms with E-state index >= 15 is 0 Å². The van der Waals surface area contributed by atoms with Crippen LogP contribution in [0.25, 0.3) is 0 Å². The van der Waals surface area contributed by atoms with Crippen LogP contribution in [-0.4, -0.2) is 52.0 Å². The van der Waals surface area contributed by atoms with E-state index in [4.69, 9.17) is 9.47 Å². The highest BCUT2D eigenvalue weighted by Gasteiger charge is 1.94. The quantitative estimate of drug-likeness (QED) is 0.532. The van der Waals surface area contributed by atoms with Gasteiger partial charge in [0, 0.05) is 13.2 Å². The number of hydrogen-bond donors (Lipinski definition) is 0. The Balaban J connectivity index is 2.92. The summed E-state index contributed by atoms with van der Waals surface area (Å²) < 4.78 is 10.8. The number of nitrogens with zero attached hydrogens (tertiary/aromatic N) is 1. The summed E-state index contributed by atoms with van der Waals surface area (Å²) in [7, 11) is 4.09. The normalized spacial score (nSPS) is 11.6. The summed E-state index contributed by atoms with van der Waals surface area (Å²) in [5, 5.41) is 0. The van der Waals surface area contributed by atoms with E-state index in [1.165, 1.54) is 0 Å². The van der Waals surface area contributed by atoms with Crippen molar-refractivity contribution in [1.82, 2.24) is 4.90 Å². The molecule has 0 amide bonds. The first-order valence-electron chi connectivity index (χ1n) is 5.43. The predicted molar refractivity (Wildman–Crippen MR) is 59.6 cm³/mol. The van der Waals surface area contributed by atoms with Crippen LogP contribution in [0.1, 0.15) is 20.3 Å². The maximum Gasteiger partial charge on any atom is 0.0701 e. The van der Waals surface area contributed by atoms with Crippen molar-refractivity contribution in [1.29, 1.82) is 0 Å². The van der Waals surface area contributed by atoms with Crippen molar-refractivity contribution in [3.63, 3.8) is 0 Å². The van der Waals surface area contributed by atoms with E-state index in [0.29, 0.717) is 6.61 Å². The monoisotopic (exact) mass is 203 g/mol. The lowest BCUT2D eigenvalue weighted by atomic mass is 10.1. The number of ether oxygens (including phenoxy) is 2. The first kappa shape index (κ1) is 13.9. The molecule has 0 atom stereocenters. The van der Waals surface area contributed by atoms with E-state index in [-0.39, 0.29) is 0 Å². The fourth-order valence-corrected chi connectivity index (χ4v) is 0.888. The second kappa shape index (κ2) is 9.44. The van der Waals surface area contributed by atoms with Crippen LogP contribution in [0.5, 0.6) is 0 Å². The van der Waals surface area contributed by atoms with E-state index in [1.807, 2.05) is 14.1 Å². The molecule has 0 heterocycles. The Labute approximate surface area is 88.4 Å². The van der Waals surface area contributed by atoms with Crippen LogP contribution in [0.3, 0.4) is 0 Å². The van der Waals surface area contributed by atoms with Crippen LogP contribution >= 0.6 is 0 Å². The van der Waals surface area contributed by atoms with Gasteiger partial charge in [-0.3, -0.25) is 0 Å². The zero-order valence-corrected chi connectivity index (χ0v) is 10.1. The smallest absolute Gasteiger partial charge is 0.0701 e. The molecule has 0 rings (SSSR count). The lowest BCUT2D eigenvalue weighted by Crippen LogP contribution is -2.19. The molecule has 0 aromatic rings. The lowest BCUT2D eigenvalue weighted by molar-refractivity contribution is 0.0393. The van der Waals surface area contributed by atoms with Crippen molar-refractivity contribution in [3.05, 3.63) is 0 Å². The van der Waals surface area contributed by atoms with Crippen molar-refractivity contribution in [2.75, 3.05) is 47.1 Å². The highest BCUT2D eigenvalue weighted by Crippen LogP contribution is 1.98. The van der Waals surface area contributed by atoms with Crippen LogP contribution < -0.4 is 0 Å². The summed E-state index contributed by atoms with van der Waals surface area (Å²) in [5.41, 5.74) is 0. The third-order valence-electron chi connectivity index (χ3n) is 1.89. The molecule has 0 aliphatic heterocycles. The van der Waals surface area contributed by atoms with Crippen molar-refractivity contribution < 1.29 is 9.47 Å². The van der Waals surface area contributed by atoms with E-state index < -0.39 is 0 Å². The van der Waals surface area contributed by atoms with E-state index in [9.17, 15) is 0 Å². The average molecular weight is 203 g/mol. The molecule has 0 saturated heterocycles. The first-order valence-corrected chi connectivity index (χ1v) is 5.43. The Morgan fingerprint density at radius 2 is 1.50 bits per heavy atom. The fourth-order valence-electron chi connectivity index (χ4n) is 0.888. The standard InChI is InChI=1S/C11H25NO2/c1-11(2)5-7-13-9-10-14-8-6-12(3)4/h11H,5-10H2,1-4H3. The highest BCUT2D eigenvalue weighted by atomic mass is 16.5. The molecule has 0 radical (unpaired) electrons. The Morgan fingerprint density at radius 3 is 2.00 bits per heavy atom. The zero-order chi connectivity index (χ0) is 10.8. The molecule has 0 aliphatic carbocycles. The van der Waals surface area contributed by atoms with Gasteiger partial charge in [0.25, 0.3) is 0 Å². The lowest BCUT2D eigenvalue weighted by Gasteiger charge is -2.10. The molecule has 0 aromatic heterocycles. The van der Waals surface area contributed by atoms with Gasteiger partial charge >= 0.3 is 0 Å². The second-order valence-corrected chi connectivity index (χ2v) is 4.21. The van der Waals surface area contributed by atoms with E-state index in [2.05, 4.69) is 18.7 Å². The SMILES string of the molecule is CC(C)CCOCCOCCN(C)C. The summed E-state index contributed by atoms with van der Waals surface area (Å²) in [6, 6.07) is 0. The van der Waals surface area contributed by atoms with Crippen LogP contribution in [0, 0.1) is 5.92 Å². The van der Waals surface area contributed by atoms with Gasteiger partial charge in [0.15, 0.2) is 0 Å². The van der Waals surface area contributed by atoms with Gasteiger partial charge < -0.3 is 14.4 Å². The average Bonchev–Trinajstić information content (AvgIpc) is 2.08. The molecule has 0 spiro atoms. The molecule has 86 valence electrons. The highest BCUT2D eigenvalue weighted by molar-refractivity contribution is 4.43. The van der Waals surface area contributed by atoms with Crippen molar-refractivity contribution in [2.24, 2.45) is 5.92 Å². The van der Waals surface area contributed by atoms with Crippen LogP contribution in [0.15, 0.2) is 0 Å². The van der Waals surface area contributed by atoms with E-state index in [0.717, 1.165) is 38.7 Å². The predicted octanol–water partition coefficient (Wildman–Crippen LogP) is 1.63. The van der Waals surface area contributed by atoms with Crippen molar-refractivity contribution in [2.45, 2.75) is 20.3 Å². The molecule has 0 aliphatic rings. The summed E-state index contributed by atoms with van der Waals surface area (Å²) in [5.74, 6) is 0.727. The Kier molecular flexibility index (Phi) is 9.35. The third kappa shape index (κ3) is 11.9. The molecule has 3 heteroatoms. The minimum Gasteiger partial charge on any atom is -0.379 e. The van der Waals surface area contributed by atoms with Crippen LogP contribution in [0.2, 0.25) is 0 Å². The van der Waals surface area contributed by atoms with Crippen LogP contribution in [0.4, 0.5) is 0 Å². The Hall–Kier alpha value is -0.120. The largest absolute Gasteiger partial charge is 0.379 e. The van der Waals surface area contributed by atoms with Crippen molar-refractivity contribution >= 4 is 0 Å². The summed E-state index contributed by atoms with van der Waals surface area (Å²) in [6.07, 6.45) is 1.14. The van der Waals surface area contributed by atoms with Gasteiger partial charge in [-0.1, -0.05) is 13.8 Å². The summed E-state index contributed by atoms with van der Waals surface area (Å²) in [6.45, 7) is 8.47. The third-order valence-corrected chi connectivity index (χ3v) is 1.89. The van der Waals surface area contributed by atoms with Gasteiger partial charge in [0.1, 0.15) is 0 Å². The summed E-state index contributed by atoms with van der Waals surface area (Å²) in [4.78, 5) is 2.11. The fraction of sp³-hybridized carbons (Fsp3) is 1.00. The number of likely N-dealkylation sites (N-methyl/N-ethyl adjacent to an activating group) is 1. The number of hydrogen-bond acceptors (Lipinski definition) is 3. The minimum absolute atomic E-state index is 0.714. The van der Waals surface area contributed by atoms with Crippen molar-refractivity contribution in [3.8, 4) is 0 Å². The van der Waals surface area contributed by atoms with Gasteiger partial charge in [-0.05, 0) is 26.4 Å². The molecule has 0 N–H and O–H groups in total. The number of rotatable bonds is 9. The molecule has 0 unspecified atom stereocenters. The van der Waals surface area contributed by atoms with E-state index in [1.54, 1.807) is 0 Å². The molecule has 0 aromatic carbocycles. The molecule has 0 saturated carbocycles. The van der Waals surface area contributed by atoms with Crippen LogP contribution in [-0.2, 0) is 9.47 Å². The molecule has 14 heavy (non-hydrogen) atoms. The zero-order valence-electron chi connectivity index (χ0n) is 10.1. The topological polar surface area (TPSA) is 21.7 Å². The van der Waals surface area contributed by atoms with Gasteiger partial charge in [-0.15, -0.1) is 0 Å². The molecular formula is C11H25NO2. The Bertz CT molecular complexity index is 102.